The van der Waals surface area contributed by atoms with Crippen LogP contribution in [0.5, 0.6) is 0 Å². The lowest BCUT2D eigenvalue weighted by molar-refractivity contribution is -0.151. The van der Waals surface area contributed by atoms with Gasteiger partial charge in [0.2, 0.25) is 0 Å². The summed E-state index contributed by atoms with van der Waals surface area (Å²) in [6.45, 7) is 6.26. The van der Waals surface area contributed by atoms with Gasteiger partial charge in [0, 0.05) is 17.3 Å². The number of fused-ring (bicyclic) bond motifs is 3. The van der Waals surface area contributed by atoms with Crippen molar-refractivity contribution in [2.75, 3.05) is 0 Å². The van der Waals surface area contributed by atoms with Crippen LogP contribution in [0.25, 0.3) is 0 Å². The van der Waals surface area contributed by atoms with Crippen molar-refractivity contribution in [3.8, 4) is 0 Å². The van der Waals surface area contributed by atoms with Crippen molar-refractivity contribution in [3.63, 3.8) is 0 Å². The molecule has 1 heterocycles. The highest BCUT2D eigenvalue weighted by Crippen LogP contribution is 2.56. The van der Waals surface area contributed by atoms with Gasteiger partial charge in [-0.1, -0.05) is 25.5 Å². The molecule has 3 nitrogen and oxygen atoms in total. The van der Waals surface area contributed by atoms with E-state index in [0.717, 1.165) is 19.3 Å². The number of carbonyl (C=O) groups is 1. The van der Waals surface area contributed by atoms with E-state index in [4.69, 9.17) is 4.74 Å². The van der Waals surface area contributed by atoms with E-state index < -0.39 is 0 Å². The van der Waals surface area contributed by atoms with Gasteiger partial charge in [0.25, 0.3) is 0 Å². The zero-order chi connectivity index (χ0) is 13.1. The van der Waals surface area contributed by atoms with Crippen LogP contribution in [0.15, 0.2) is 11.6 Å². The summed E-state index contributed by atoms with van der Waals surface area (Å²) in [5.41, 5.74) is 1.17. The summed E-state index contributed by atoms with van der Waals surface area (Å²) in [6.07, 6.45) is 4.52. The summed E-state index contributed by atoms with van der Waals surface area (Å²) in [4.78, 5) is 11.8. The molecule has 6 atom stereocenters. The predicted molar refractivity (Wildman–Crippen MR) is 67.7 cm³/mol. The van der Waals surface area contributed by atoms with Gasteiger partial charge in [-0.25, -0.2) is 0 Å². The molecule has 1 saturated heterocycles. The highest BCUT2D eigenvalue weighted by molar-refractivity contribution is 5.75. The van der Waals surface area contributed by atoms with E-state index in [1.165, 1.54) is 5.57 Å². The lowest BCUT2D eigenvalue weighted by Crippen LogP contribution is -2.52. The van der Waals surface area contributed by atoms with Crippen molar-refractivity contribution >= 4 is 5.97 Å². The van der Waals surface area contributed by atoms with Gasteiger partial charge in [-0.05, 0) is 26.2 Å². The largest absolute Gasteiger partial charge is 0.461 e. The van der Waals surface area contributed by atoms with Gasteiger partial charge in [-0.15, -0.1) is 0 Å². The molecule has 3 aliphatic rings. The number of hydrogen-bond acceptors (Lipinski definition) is 3. The quantitative estimate of drug-likeness (QED) is 0.530. The van der Waals surface area contributed by atoms with E-state index in [1.807, 2.05) is 6.92 Å². The molecule has 0 amide bonds. The molecule has 0 bridgehead atoms. The van der Waals surface area contributed by atoms with Crippen molar-refractivity contribution in [3.05, 3.63) is 11.6 Å². The highest BCUT2D eigenvalue weighted by atomic mass is 16.6. The van der Waals surface area contributed by atoms with Crippen LogP contribution in [0.3, 0.4) is 0 Å². The zero-order valence-electron chi connectivity index (χ0n) is 11.3. The Morgan fingerprint density at radius 1 is 1.50 bits per heavy atom. The fourth-order valence-electron chi connectivity index (χ4n) is 4.37. The molecule has 1 N–H and O–H groups in total. The average molecular weight is 250 g/mol. The maximum absolute atomic E-state index is 11.8. The summed E-state index contributed by atoms with van der Waals surface area (Å²) >= 11 is 0. The second-order valence-corrected chi connectivity index (χ2v) is 6.58. The van der Waals surface area contributed by atoms with Gasteiger partial charge in [0.15, 0.2) is 0 Å². The molecule has 3 heteroatoms. The molecule has 0 radical (unpaired) electrons. The van der Waals surface area contributed by atoms with E-state index in [9.17, 15) is 9.90 Å². The third-order valence-corrected chi connectivity index (χ3v) is 5.66. The molecule has 0 aromatic heterocycles. The van der Waals surface area contributed by atoms with Crippen molar-refractivity contribution in [1.82, 2.24) is 0 Å². The number of aliphatic hydroxyl groups excluding tert-OH is 1. The average Bonchev–Trinajstić information content (AvgIpc) is 2.60. The standard InChI is InChI=1S/C15H22O3/c1-8-4-5-11(16)15(3)7-6-10-9(2)14(17)18-13(10)12(8)15/h4,9-13,16H,5-7H2,1-3H3/t9-,10-,11+,12-,13-,15+/m1/s1. The fourth-order valence-corrected chi connectivity index (χ4v) is 4.37. The minimum Gasteiger partial charge on any atom is -0.461 e. The second-order valence-electron chi connectivity index (χ2n) is 6.58. The van der Waals surface area contributed by atoms with E-state index in [0.29, 0.717) is 5.92 Å². The monoisotopic (exact) mass is 250 g/mol. The van der Waals surface area contributed by atoms with Crippen molar-refractivity contribution < 1.29 is 14.6 Å². The molecule has 0 aromatic carbocycles. The Labute approximate surface area is 108 Å². The minimum absolute atomic E-state index is 0.0163. The van der Waals surface area contributed by atoms with Gasteiger partial charge >= 0.3 is 5.97 Å². The van der Waals surface area contributed by atoms with Gasteiger partial charge in [0.05, 0.1) is 12.0 Å². The van der Waals surface area contributed by atoms with E-state index in [2.05, 4.69) is 19.9 Å². The second kappa shape index (κ2) is 3.83. The summed E-state index contributed by atoms with van der Waals surface area (Å²) in [6, 6.07) is 0. The van der Waals surface area contributed by atoms with Crippen molar-refractivity contribution in [2.45, 2.75) is 52.2 Å². The number of ether oxygens (including phenoxy) is 1. The smallest absolute Gasteiger partial charge is 0.309 e. The Balaban J connectivity index is 2.00. The van der Waals surface area contributed by atoms with Gasteiger partial charge in [0.1, 0.15) is 6.10 Å². The lowest BCUT2D eigenvalue weighted by Gasteiger charge is -2.51. The number of hydrogen-bond donors (Lipinski definition) is 1. The molecule has 0 unspecified atom stereocenters. The maximum atomic E-state index is 11.8. The Hall–Kier alpha value is -0.830. The van der Waals surface area contributed by atoms with Crippen LogP contribution >= 0.6 is 0 Å². The summed E-state index contributed by atoms with van der Waals surface area (Å²) in [7, 11) is 0. The normalized spacial score (nSPS) is 51.2. The molecule has 2 fully saturated rings. The SMILES string of the molecule is CC1=CC[C@H](O)[C@]2(C)CC[C@H]3[C@@H](OC(=O)[C@@H]3C)[C@@H]12. The molecular weight excluding hydrogens is 228 g/mol. The van der Waals surface area contributed by atoms with Crippen LogP contribution in [0, 0.1) is 23.2 Å². The topological polar surface area (TPSA) is 46.5 Å². The van der Waals surface area contributed by atoms with Crippen LogP contribution in [-0.4, -0.2) is 23.3 Å². The Morgan fingerprint density at radius 3 is 2.94 bits per heavy atom. The Bertz CT molecular complexity index is 414. The van der Waals surface area contributed by atoms with Crippen molar-refractivity contribution in [2.24, 2.45) is 23.2 Å². The van der Waals surface area contributed by atoms with Gasteiger partial charge < -0.3 is 9.84 Å². The van der Waals surface area contributed by atoms with E-state index in [1.54, 1.807) is 0 Å². The Kier molecular flexibility index (Phi) is 2.60. The van der Waals surface area contributed by atoms with Crippen LogP contribution in [-0.2, 0) is 9.53 Å². The molecule has 0 aromatic rings. The summed E-state index contributed by atoms with van der Waals surface area (Å²) < 4.78 is 5.64. The minimum atomic E-state index is -0.304. The fraction of sp³-hybridized carbons (Fsp3) is 0.800. The van der Waals surface area contributed by atoms with Gasteiger partial charge in [-0.3, -0.25) is 4.79 Å². The van der Waals surface area contributed by atoms with Crippen LogP contribution in [0.2, 0.25) is 0 Å². The lowest BCUT2D eigenvalue weighted by atomic mass is 9.55. The first kappa shape index (κ1) is 12.2. The van der Waals surface area contributed by atoms with Crippen LogP contribution < -0.4 is 0 Å². The number of aliphatic hydroxyl groups is 1. The number of carbonyl (C=O) groups excluding carboxylic acids is 1. The molecule has 18 heavy (non-hydrogen) atoms. The predicted octanol–water partition coefficient (Wildman–Crippen LogP) is 2.29. The molecule has 1 aliphatic heterocycles. The third kappa shape index (κ3) is 1.43. The first-order chi connectivity index (χ1) is 8.45. The molecule has 2 aliphatic carbocycles. The first-order valence-corrected chi connectivity index (χ1v) is 7.00. The third-order valence-electron chi connectivity index (χ3n) is 5.66. The number of rotatable bonds is 0. The van der Waals surface area contributed by atoms with Crippen LogP contribution in [0.1, 0.15) is 40.0 Å². The molecular formula is C15H22O3. The summed E-state index contributed by atoms with van der Waals surface area (Å²) in [5.74, 6) is 0.506. The van der Waals surface area contributed by atoms with E-state index >= 15 is 0 Å². The van der Waals surface area contributed by atoms with E-state index in [-0.39, 0.29) is 35.4 Å². The molecule has 1 saturated carbocycles. The van der Waals surface area contributed by atoms with Crippen LogP contribution in [0.4, 0.5) is 0 Å². The maximum Gasteiger partial charge on any atom is 0.309 e. The Morgan fingerprint density at radius 2 is 2.22 bits per heavy atom. The number of esters is 1. The molecule has 3 rings (SSSR count). The van der Waals surface area contributed by atoms with Crippen molar-refractivity contribution in [1.29, 1.82) is 0 Å². The summed E-state index contributed by atoms with van der Waals surface area (Å²) in [5, 5.41) is 10.3. The molecule has 100 valence electrons. The first-order valence-electron chi connectivity index (χ1n) is 7.00. The van der Waals surface area contributed by atoms with Gasteiger partial charge in [-0.2, -0.15) is 0 Å². The zero-order valence-corrected chi connectivity index (χ0v) is 11.3. The molecule has 0 spiro atoms. The highest BCUT2D eigenvalue weighted by Gasteiger charge is 2.58.